The standard InChI is InChI=1S/C12H15F2NO3S/c13-8-5-6-9(14)12(7-8)19(17,18)15-10-3-1-2-4-11(10)16/h5-7,10-11,15-16H,1-4H2/t10-,11-/m0/s1. The Labute approximate surface area is 110 Å². The van der Waals surface area contributed by atoms with Gasteiger partial charge in [0.1, 0.15) is 16.5 Å². The average molecular weight is 291 g/mol. The van der Waals surface area contributed by atoms with E-state index in [1.165, 1.54) is 0 Å². The highest BCUT2D eigenvalue weighted by Gasteiger charge is 2.29. The highest BCUT2D eigenvalue weighted by molar-refractivity contribution is 7.89. The first kappa shape index (κ1) is 14.4. The van der Waals surface area contributed by atoms with E-state index in [1.807, 2.05) is 0 Å². The molecule has 106 valence electrons. The van der Waals surface area contributed by atoms with Gasteiger partial charge in [-0.25, -0.2) is 21.9 Å². The van der Waals surface area contributed by atoms with E-state index in [0.29, 0.717) is 18.9 Å². The maximum absolute atomic E-state index is 13.5. The third-order valence-corrected chi connectivity index (χ3v) is 4.72. The van der Waals surface area contributed by atoms with Crippen LogP contribution in [0.15, 0.2) is 23.1 Å². The Balaban J connectivity index is 2.24. The minimum atomic E-state index is -4.17. The van der Waals surface area contributed by atoms with Gasteiger partial charge in [-0.1, -0.05) is 12.8 Å². The van der Waals surface area contributed by atoms with Crippen molar-refractivity contribution in [3.05, 3.63) is 29.8 Å². The van der Waals surface area contributed by atoms with Gasteiger partial charge in [-0.15, -0.1) is 0 Å². The lowest BCUT2D eigenvalue weighted by atomic mass is 9.93. The Morgan fingerprint density at radius 2 is 1.89 bits per heavy atom. The predicted molar refractivity (Wildman–Crippen MR) is 64.9 cm³/mol. The quantitative estimate of drug-likeness (QED) is 0.888. The second-order valence-corrected chi connectivity index (χ2v) is 6.34. The zero-order valence-electron chi connectivity index (χ0n) is 10.1. The second kappa shape index (κ2) is 5.52. The first-order chi connectivity index (χ1) is 8.90. The maximum Gasteiger partial charge on any atom is 0.243 e. The lowest BCUT2D eigenvalue weighted by Crippen LogP contribution is -2.45. The van der Waals surface area contributed by atoms with Gasteiger partial charge in [0.05, 0.1) is 6.10 Å². The molecule has 19 heavy (non-hydrogen) atoms. The van der Waals surface area contributed by atoms with Crippen LogP contribution in [0.3, 0.4) is 0 Å². The van der Waals surface area contributed by atoms with E-state index in [2.05, 4.69) is 4.72 Å². The lowest BCUT2D eigenvalue weighted by Gasteiger charge is -2.28. The summed E-state index contributed by atoms with van der Waals surface area (Å²) >= 11 is 0. The fourth-order valence-electron chi connectivity index (χ4n) is 2.19. The van der Waals surface area contributed by atoms with Crippen LogP contribution in [-0.4, -0.2) is 25.7 Å². The number of aliphatic hydroxyl groups is 1. The van der Waals surface area contributed by atoms with E-state index in [4.69, 9.17) is 0 Å². The SMILES string of the molecule is O=S(=O)(N[C@H]1CCCC[C@@H]1O)c1cc(F)ccc1F. The van der Waals surface area contributed by atoms with Crippen LogP contribution in [-0.2, 0) is 10.0 Å². The van der Waals surface area contributed by atoms with Crippen LogP contribution < -0.4 is 4.72 Å². The van der Waals surface area contributed by atoms with Crippen molar-refractivity contribution in [1.29, 1.82) is 0 Å². The molecular formula is C12H15F2NO3S. The van der Waals surface area contributed by atoms with Crippen LogP contribution in [0.1, 0.15) is 25.7 Å². The summed E-state index contributed by atoms with van der Waals surface area (Å²) in [5.74, 6) is -1.84. The van der Waals surface area contributed by atoms with Gasteiger partial charge in [-0.05, 0) is 31.0 Å². The Kier molecular flexibility index (Phi) is 4.17. The zero-order chi connectivity index (χ0) is 14.0. The Morgan fingerprint density at radius 3 is 2.58 bits per heavy atom. The first-order valence-corrected chi connectivity index (χ1v) is 7.54. The monoisotopic (exact) mass is 291 g/mol. The smallest absolute Gasteiger partial charge is 0.243 e. The summed E-state index contributed by atoms with van der Waals surface area (Å²) in [6.07, 6.45) is 1.81. The molecule has 0 radical (unpaired) electrons. The number of benzene rings is 1. The molecule has 1 saturated carbocycles. The fraction of sp³-hybridized carbons (Fsp3) is 0.500. The van der Waals surface area contributed by atoms with E-state index in [-0.39, 0.29) is 0 Å². The third-order valence-electron chi connectivity index (χ3n) is 3.22. The summed E-state index contributed by atoms with van der Waals surface area (Å²) in [5, 5.41) is 9.71. The first-order valence-electron chi connectivity index (χ1n) is 6.05. The molecule has 1 aromatic carbocycles. The Bertz CT molecular complexity index is 562. The van der Waals surface area contributed by atoms with Gasteiger partial charge in [0.2, 0.25) is 10.0 Å². The summed E-state index contributed by atoms with van der Waals surface area (Å²) in [7, 11) is -4.17. The van der Waals surface area contributed by atoms with Crippen molar-refractivity contribution in [3.63, 3.8) is 0 Å². The van der Waals surface area contributed by atoms with Crippen LogP contribution in [0.2, 0.25) is 0 Å². The molecule has 0 amide bonds. The van der Waals surface area contributed by atoms with Crippen molar-refractivity contribution in [2.75, 3.05) is 0 Å². The molecule has 2 atom stereocenters. The molecular weight excluding hydrogens is 276 g/mol. The summed E-state index contributed by atoms with van der Waals surface area (Å²) in [6.45, 7) is 0. The molecule has 0 unspecified atom stereocenters. The number of nitrogens with one attached hydrogen (secondary N) is 1. The number of hydrogen-bond acceptors (Lipinski definition) is 3. The molecule has 0 spiro atoms. The van der Waals surface area contributed by atoms with Gasteiger partial charge in [-0.3, -0.25) is 0 Å². The molecule has 7 heteroatoms. The molecule has 2 rings (SSSR count). The van der Waals surface area contributed by atoms with Crippen LogP contribution in [0.5, 0.6) is 0 Å². The Hall–Kier alpha value is -1.05. The van der Waals surface area contributed by atoms with Crippen molar-refractivity contribution in [1.82, 2.24) is 4.72 Å². The number of halogens is 2. The largest absolute Gasteiger partial charge is 0.391 e. The van der Waals surface area contributed by atoms with Crippen LogP contribution >= 0.6 is 0 Å². The molecule has 0 heterocycles. The van der Waals surface area contributed by atoms with Crippen molar-refractivity contribution in [3.8, 4) is 0 Å². The summed E-state index contributed by atoms with van der Waals surface area (Å²) < 4.78 is 52.7. The number of rotatable bonds is 3. The van der Waals surface area contributed by atoms with Gasteiger partial charge in [0.15, 0.2) is 0 Å². The van der Waals surface area contributed by atoms with Gasteiger partial charge in [0, 0.05) is 6.04 Å². The minimum absolute atomic E-state index is 0.483. The molecule has 0 bridgehead atoms. The number of sulfonamides is 1. The molecule has 1 aliphatic rings. The Morgan fingerprint density at radius 1 is 1.21 bits per heavy atom. The van der Waals surface area contributed by atoms with E-state index in [0.717, 1.165) is 25.0 Å². The average Bonchev–Trinajstić information content (AvgIpc) is 2.35. The topological polar surface area (TPSA) is 66.4 Å². The highest BCUT2D eigenvalue weighted by Crippen LogP contribution is 2.22. The molecule has 0 aliphatic heterocycles. The molecule has 2 N–H and O–H groups in total. The lowest BCUT2D eigenvalue weighted by molar-refractivity contribution is 0.101. The maximum atomic E-state index is 13.5. The zero-order valence-corrected chi connectivity index (χ0v) is 11.0. The van der Waals surface area contributed by atoms with Crippen molar-refractivity contribution >= 4 is 10.0 Å². The fourth-order valence-corrected chi connectivity index (χ4v) is 3.59. The van der Waals surface area contributed by atoms with Crippen LogP contribution in [0.4, 0.5) is 8.78 Å². The van der Waals surface area contributed by atoms with Gasteiger partial charge in [-0.2, -0.15) is 0 Å². The second-order valence-electron chi connectivity index (χ2n) is 4.65. The normalized spacial score (nSPS) is 24.4. The number of aliphatic hydroxyl groups excluding tert-OH is 1. The molecule has 1 fully saturated rings. The predicted octanol–water partition coefficient (Wildman–Crippen LogP) is 1.55. The van der Waals surface area contributed by atoms with Crippen molar-refractivity contribution in [2.24, 2.45) is 0 Å². The molecule has 1 aromatic rings. The van der Waals surface area contributed by atoms with Crippen molar-refractivity contribution in [2.45, 2.75) is 42.7 Å². The van der Waals surface area contributed by atoms with Crippen LogP contribution in [0.25, 0.3) is 0 Å². The summed E-state index contributed by atoms with van der Waals surface area (Å²) in [4.78, 5) is -0.731. The van der Waals surface area contributed by atoms with Gasteiger partial charge >= 0.3 is 0 Å². The van der Waals surface area contributed by atoms with E-state index in [9.17, 15) is 22.3 Å². The van der Waals surface area contributed by atoms with Gasteiger partial charge < -0.3 is 5.11 Å². The van der Waals surface area contributed by atoms with Crippen LogP contribution in [0, 0.1) is 11.6 Å². The summed E-state index contributed by atoms with van der Waals surface area (Å²) in [6, 6.07) is 1.60. The molecule has 1 aliphatic carbocycles. The van der Waals surface area contributed by atoms with Gasteiger partial charge in [0.25, 0.3) is 0 Å². The third kappa shape index (κ3) is 3.29. The number of hydrogen-bond donors (Lipinski definition) is 2. The minimum Gasteiger partial charge on any atom is -0.391 e. The molecule has 4 nitrogen and oxygen atoms in total. The van der Waals surface area contributed by atoms with E-state index < -0.39 is 38.7 Å². The highest BCUT2D eigenvalue weighted by atomic mass is 32.2. The van der Waals surface area contributed by atoms with E-state index in [1.54, 1.807) is 0 Å². The van der Waals surface area contributed by atoms with Crippen molar-refractivity contribution < 1.29 is 22.3 Å². The molecule has 0 aromatic heterocycles. The van der Waals surface area contributed by atoms with E-state index >= 15 is 0 Å². The summed E-state index contributed by atoms with van der Waals surface area (Å²) in [5.41, 5.74) is 0. The molecule has 0 saturated heterocycles.